The van der Waals surface area contributed by atoms with Crippen molar-refractivity contribution in [3.05, 3.63) is 170 Å². The SMILES string of the molecule is CC/C=C\C/C=C\C/C=C\C/C=C\C/C=C\C/C=C\CCCCCCC(=O)OCC(COP(=O)(O)OCC(O)COP(=O)(O)OCC(O)COC(=O)CCCCCCCCCCCCCCC/C=C\C/C=C\C/C=C\C/C=C\C/C=C\CC)OC(=O)CCCCCCCC/C=C\C/C=C\C/C=C\CCCCC. The minimum absolute atomic E-state index is 0.0784. The summed E-state index contributed by atoms with van der Waals surface area (Å²) < 4.78 is 61.2. The summed E-state index contributed by atoms with van der Waals surface area (Å²) in [6, 6.07) is 0. The summed E-state index contributed by atoms with van der Waals surface area (Å²) in [6.07, 6.45) is 102. The number of carbonyl (C=O) groups is 3. The maximum absolute atomic E-state index is 13.0. The summed E-state index contributed by atoms with van der Waals surface area (Å²) in [5, 5.41) is 20.7. The van der Waals surface area contributed by atoms with Crippen molar-refractivity contribution in [2.45, 2.75) is 334 Å². The molecule has 16 nitrogen and oxygen atoms in total. The van der Waals surface area contributed by atoms with Crippen LogP contribution in [-0.2, 0) is 55.8 Å². The first kappa shape index (κ1) is 102. The lowest BCUT2D eigenvalue weighted by Crippen LogP contribution is -2.30. The van der Waals surface area contributed by atoms with Crippen molar-refractivity contribution in [1.29, 1.82) is 0 Å². The third-order valence-corrected chi connectivity index (χ3v) is 18.8. The second-order valence-electron chi connectivity index (χ2n) is 27.2. The van der Waals surface area contributed by atoms with E-state index in [0.717, 1.165) is 180 Å². The first-order valence-corrected chi connectivity index (χ1v) is 44.4. The number of ether oxygens (including phenoxy) is 3. The molecule has 4 N–H and O–H groups in total. The van der Waals surface area contributed by atoms with E-state index in [9.17, 15) is 43.5 Å². The Balaban J connectivity index is 4.64. The lowest BCUT2D eigenvalue weighted by molar-refractivity contribution is -0.161. The van der Waals surface area contributed by atoms with E-state index in [1.807, 2.05) is 0 Å². The first-order chi connectivity index (χ1) is 52.2. The van der Waals surface area contributed by atoms with Crippen molar-refractivity contribution >= 4 is 33.6 Å². The lowest BCUT2D eigenvalue weighted by atomic mass is 10.0. The second-order valence-corrected chi connectivity index (χ2v) is 30.1. The number of hydrogen-bond donors (Lipinski definition) is 4. The average molecular weight is 1540 g/mol. The summed E-state index contributed by atoms with van der Waals surface area (Å²) in [4.78, 5) is 58.8. The molecule has 610 valence electrons. The van der Waals surface area contributed by atoms with Crippen LogP contribution < -0.4 is 0 Å². The number of unbranched alkanes of at least 4 members (excludes halogenated alkanes) is 26. The highest BCUT2D eigenvalue weighted by Gasteiger charge is 2.29. The highest BCUT2D eigenvalue weighted by Crippen LogP contribution is 2.45. The van der Waals surface area contributed by atoms with Crippen LogP contribution in [0.5, 0.6) is 0 Å². The van der Waals surface area contributed by atoms with Gasteiger partial charge in [-0.2, -0.15) is 0 Å². The van der Waals surface area contributed by atoms with Gasteiger partial charge in [0.1, 0.15) is 25.4 Å². The molecule has 0 bridgehead atoms. The van der Waals surface area contributed by atoms with E-state index < -0.39 is 91.5 Å². The van der Waals surface area contributed by atoms with Crippen LogP contribution in [0.15, 0.2) is 170 Å². The fourth-order valence-electron chi connectivity index (χ4n) is 10.7. The van der Waals surface area contributed by atoms with Crippen LogP contribution in [0.3, 0.4) is 0 Å². The van der Waals surface area contributed by atoms with Gasteiger partial charge in [-0.3, -0.25) is 32.5 Å². The second kappa shape index (κ2) is 80.4. The first-order valence-electron chi connectivity index (χ1n) is 41.4. The predicted octanol–water partition coefficient (Wildman–Crippen LogP) is 24.8. The summed E-state index contributed by atoms with van der Waals surface area (Å²) >= 11 is 0. The number of esters is 3. The number of allylic oxidation sites excluding steroid dienone is 28. The molecule has 18 heteroatoms. The van der Waals surface area contributed by atoms with E-state index in [1.54, 1.807) is 0 Å². The van der Waals surface area contributed by atoms with E-state index in [4.69, 9.17) is 32.3 Å². The summed E-state index contributed by atoms with van der Waals surface area (Å²) in [7, 11) is -9.82. The number of phosphoric acid groups is 2. The summed E-state index contributed by atoms with van der Waals surface area (Å²) in [6.45, 7) is 2.39. The molecular weight excluding hydrogens is 1390 g/mol. The number of hydrogen-bond acceptors (Lipinski definition) is 14. The van der Waals surface area contributed by atoms with Gasteiger partial charge in [0.05, 0.1) is 26.4 Å². The Kier molecular flexibility index (Phi) is 76.6. The molecule has 0 radical (unpaired) electrons. The Labute approximate surface area is 650 Å². The molecule has 0 saturated heterocycles. The minimum Gasteiger partial charge on any atom is -0.463 e. The molecule has 107 heavy (non-hydrogen) atoms. The van der Waals surface area contributed by atoms with Gasteiger partial charge in [-0.15, -0.1) is 0 Å². The molecule has 0 fully saturated rings. The smallest absolute Gasteiger partial charge is 0.463 e. The van der Waals surface area contributed by atoms with Crippen molar-refractivity contribution in [2.75, 3.05) is 39.6 Å². The van der Waals surface area contributed by atoms with Crippen molar-refractivity contribution in [1.82, 2.24) is 0 Å². The normalized spacial score (nSPS) is 14.8. The Morgan fingerprint density at radius 1 is 0.271 bits per heavy atom. The van der Waals surface area contributed by atoms with E-state index in [2.05, 4.69) is 191 Å². The zero-order chi connectivity index (χ0) is 78.0. The van der Waals surface area contributed by atoms with Crippen LogP contribution in [0, 0.1) is 0 Å². The van der Waals surface area contributed by atoms with Gasteiger partial charge in [-0.1, -0.05) is 313 Å². The molecular formula is C89H148O16P2. The Hall–Kier alpha value is -5.09. The van der Waals surface area contributed by atoms with E-state index in [1.165, 1.54) is 77.0 Å². The van der Waals surface area contributed by atoms with Crippen molar-refractivity contribution in [3.63, 3.8) is 0 Å². The fourth-order valence-corrected chi connectivity index (χ4v) is 12.3. The van der Waals surface area contributed by atoms with Crippen molar-refractivity contribution < 1.29 is 75.8 Å². The number of aliphatic hydroxyl groups excluding tert-OH is 2. The number of aliphatic hydroxyl groups is 2. The summed E-state index contributed by atoms with van der Waals surface area (Å²) in [5.41, 5.74) is 0. The van der Waals surface area contributed by atoms with Gasteiger partial charge in [0.2, 0.25) is 0 Å². The highest BCUT2D eigenvalue weighted by molar-refractivity contribution is 7.47. The van der Waals surface area contributed by atoms with Crippen LogP contribution in [0.2, 0.25) is 0 Å². The van der Waals surface area contributed by atoms with E-state index in [-0.39, 0.29) is 19.3 Å². The quantitative estimate of drug-likeness (QED) is 0.0146. The highest BCUT2D eigenvalue weighted by atomic mass is 31.2. The zero-order valence-corrected chi connectivity index (χ0v) is 68.5. The number of carbonyl (C=O) groups excluding carboxylic acids is 3. The van der Waals surface area contributed by atoms with Crippen molar-refractivity contribution in [3.8, 4) is 0 Å². The molecule has 0 rings (SSSR count). The van der Waals surface area contributed by atoms with E-state index >= 15 is 0 Å². The van der Waals surface area contributed by atoms with Crippen LogP contribution >= 0.6 is 15.6 Å². The molecule has 5 atom stereocenters. The fraction of sp³-hybridized carbons (Fsp3) is 0.652. The van der Waals surface area contributed by atoms with Gasteiger partial charge in [0.25, 0.3) is 0 Å². The number of rotatable bonds is 77. The van der Waals surface area contributed by atoms with Crippen LogP contribution in [0.1, 0.15) is 316 Å². The third kappa shape index (κ3) is 81.7. The Morgan fingerprint density at radius 2 is 0.495 bits per heavy atom. The predicted molar refractivity (Wildman–Crippen MR) is 445 cm³/mol. The Morgan fingerprint density at radius 3 is 0.785 bits per heavy atom. The minimum atomic E-state index is -4.95. The van der Waals surface area contributed by atoms with Crippen LogP contribution in [0.4, 0.5) is 0 Å². The monoisotopic (exact) mass is 1540 g/mol. The number of phosphoric ester groups is 2. The molecule has 0 aromatic carbocycles. The average Bonchev–Trinajstić information content (AvgIpc) is 0.918. The third-order valence-electron chi connectivity index (χ3n) is 16.9. The molecule has 0 spiro atoms. The molecule has 0 aliphatic rings. The van der Waals surface area contributed by atoms with E-state index in [0.29, 0.717) is 19.3 Å². The molecule has 0 amide bonds. The van der Waals surface area contributed by atoms with Gasteiger partial charge < -0.3 is 34.2 Å². The largest absolute Gasteiger partial charge is 0.472 e. The molecule has 0 aromatic rings. The van der Waals surface area contributed by atoms with Gasteiger partial charge in [-0.25, -0.2) is 9.13 Å². The van der Waals surface area contributed by atoms with Gasteiger partial charge in [-0.05, 0) is 154 Å². The van der Waals surface area contributed by atoms with Crippen molar-refractivity contribution in [2.24, 2.45) is 0 Å². The van der Waals surface area contributed by atoms with Gasteiger partial charge in [0, 0.05) is 19.3 Å². The maximum atomic E-state index is 13.0. The van der Waals surface area contributed by atoms with Crippen LogP contribution in [-0.4, -0.2) is 95.9 Å². The molecule has 5 unspecified atom stereocenters. The lowest BCUT2D eigenvalue weighted by Gasteiger charge is -2.21. The van der Waals surface area contributed by atoms with Crippen LogP contribution in [0.25, 0.3) is 0 Å². The standard InChI is InChI=1S/C89H148O16P2/c1-4-7-10-13-16-19-22-25-28-31-34-36-38-39-40-41-42-43-45-47-49-51-54-57-60-63-66-69-72-75-87(92)99-78-84(90)79-101-106(95,96)102-80-85(91)81-103-107(97,98)104-83-86(105-89(94)77-74-71-68-65-62-59-56-53-48-33-30-27-24-21-18-15-12-9-6-3)82-100-88(93)76-73-70-67-64-61-58-55-52-50-46-44-37-35-32-29-26-23-20-17-14-11-8-5-2/h7-8,10-11,16-21,25-30,34-37,39-40,46,48,50,53,55,58,84-86,90-91H,4-6,9,12-15,22-24,31-33,38,41-45,47,49,51-52,54,56-57,59-83H2,1-3H3,(H,95,96)(H,97,98)/b10-7-,11-8-,19-16-,20-17-,21-18-,28-25-,29-26-,30-27-,36-34-,37-35-,40-39-,50-46-,53-48-,58-55-. The molecule has 0 aromatic heterocycles. The molecule has 0 heterocycles. The molecule has 0 saturated carbocycles. The zero-order valence-electron chi connectivity index (χ0n) is 66.7. The van der Waals surface area contributed by atoms with Gasteiger partial charge >= 0.3 is 33.6 Å². The Bertz CT molecular complexity index is 2620. The maximum Gasteiger partial charge on any atom is 0.472 e. The topological polar surface area (TPSA) is 231 Å². The van der Waals surface area contributed by atoms with Gasteiger partial charge in [0.15, 0.2) is 6.10 Å². The summed E-state index contributed by atoms with van der Waals surface area (Å²) in [5.74, 6) is -1.62. The molecule has 0 aliphatic heterocycles. The molecule has 0 aliphatic carbocycles.